The number of hydrogen-bond donors (Lipinski definition) is 1. The summed E-state index contributed by atoms with van der Waals surface area (Å²) in [6.07, 6.45) is -2.06. The molecule has 1 fully saturated rings. The normalized spacial score (nSPS) is 13.8. The molecule has 4 rings (SSSR count). The van der Waals surface area contributed by atoms with Crippen molar-refractivity contribution < 1.29 is 22.7 Å². The van der Waals surface area contributed by atoms with Crippen molar-refractivity contribution in [2.24, 2.45) is 5.92 Å². The fourth-order valence-corrected chi connectivity index (χ4v) is 3.62. The van der Waals surface area contributed by atoms with Crippen molar-refractivity contribution in [2.45, 2.75) is 32.0 Å². The number of carbonyl (C=O) groups is 1. The summed E-state index contributed by atoms with van der Waals surface area (Å²) >= 11 is 0. The first-order valence-electron chi connectivity index (χ1n) is 10.5. The van der Waals surface area contributed by atoms with Crippen LogP contribution in [0.4, 0.5) is 13.2 Å². The highest BCUT2D eigenvalue weighted by atomic mass is 19.4. The van der Waals surface area contributed by atoms with Gasteiger partial charge in [0.25, 0.3) is 11.5 Å². The Morgan fingerprint density at radius 1 is 1.09 bits per heavy atom. The molecule has 0 spiro atoms. The third-order valence-corrected chi connectivity index (χ3v) is 5.48. The largest absolute Gasteiger partial charge is 0.484 e. The number of rotatable bonds is 8. The fraction of sp³-hybridized carbons (Fsp3) is 0.333. The van der Waals surface area contributed by atoms with E-state index in [1.165, 1.54) is 22.8 Å². The van der Waals surface area contributed by atoms with Crippen LogP contribution in [0, 0.1) is 5.92 Å². The van der Waals surface area contributed by atoms with Gasteiger partial charge in [-0.05, 0) is 42.9 Å². The van der Waals surface area contributed by atoms with E-state index in [4.69, 9.17) is 4.74 Å². The van der Waals surface area contributed by atoms with Crippen molar-refractivity contribution >= 4 is 16.8 Å². The minimum atomic E-state index is -4.64. The lowest BCUT2D eigenvalue weighted by Crippen LogP contribution is -2.30. The van der Waals surface area contributed by atoms with E-state index < -0.39 is 17.3 Å². The molecule has 3 aromatic rings. The van der Waals surface area contributed by atoms with Gasteiger partial charge in [0, 0.05) is 30.6 Å². The first kappa shape index (κ1) is 21.9. The molecule has 0 aliphatic heterocycles. The molecule has 0 saturated heterocycles. The molecule has 8 heteroatoms. The SMILES string of the molecule is O=C(COc1ccc2c(C(F)(F)F)cc(=O)n(CC3CC3)c2c1)NCCc1ccccc1. The van der Waals surface area contributed by atoms with E-state index in [9.17, 15) is 22.8 Å². The smallest absolute Gasteiger partial charge is 0.417 e. The zero-order valence-electron chi connectivity index (χ0n) is 17.3. The van der Waals surface area contributed by atoms with E-state index in [1.54, 1.807) is 0 Å². The number of amides is 1. The number of hydrogen-bond acceptors (Lipinski definition) is 3. The van der Waals surface area contributed by atoms with Crippen molar-refractivity contribution in [3.8, 4) is 5.75 Å². The summed E-state index contributed by atoms with van der Waals surface area (Å²) in [5, 5.41) is 2.70. The number of carbonyl (C=O) groups excluding carboxylic acids is 1. The maximum absolute atomic E-state index is 13.5. The summed E-state index contributed by atoms with van der Waals surface area (Å²) in [6, 6.07) is 14.4. The highest BCUT2D eigenvalue weighted by molar-refractivity contribution is 5.85. The lowest BCUT2D eigenvalue weighted by molar-refractivity contribution is -0.136. The Hall–Kier alpha value is -3.29. The number of nitrogens with one attached hydrogen (secondary N) is 1. The van der Waals surface area contributed by atoms with Crippen LogP contribution < -0.4 is 15.6 Å². The topological polar surface area (TPSA) is 60.3 Å². The third-order valence-electron chi connectivity index (χ3n) is 5.48. The molecule has 1 aromatic heterocycles. The number of fused-ring (bicyclic) bond motifs is 1. The van der Waals surface area contributed by atoms with E-state index in [1.807, 2.05) is 30.3 Å². The second-order valence-electron chi connectivity index (χ2n) is 8.00. The zero-order chi connectivity index (χ0) is 22.7. The van der Waals surface area contributed by atoms with E-state index in [0.717, 1.165) is 18.4 Å². The molecule has 5 nitrogen and oxygen atoms in total. The summed E-state index contributed by atoms with van der Waals surface area (Å²) in [4.78, 5) is 24.5. The molecule has 2 aromatic carbocycles. The van der Waals surface area contributed by atoms with Gasteiger partial charge in [0.2, 0.25) is 0 Å². The van der Waals surface area contributed by atoms with Gasteiger partial charge >= 0.3 is 6.18 Å². The van der Waals surface area contributed by atoms with Crippen LogP contribution in [0.2, 0.25) is 0 Å². The van der Waals surface area contributed by atoms with Gasteiger partial charge in [-0.25, -0.2) is 0 Å². The molecule has 1 heterocycles. The van der Waals surface area contributed by atoms with Gasteiger partial charge in [-0.2, -0.15) is 13.2 Å². The number of pyridine rings is 1. The molecule has 1 aliphatic carbocycles. The van der Waals surface area contributed by atoms with E-state index in [2.05, 4.69) is 5.32 Å². The number of benzene rings is 2. The van der Waals surface area contributed by atoms with Gasteiger partial charge in [0.05, 0.1) is 11.1 Å². The second kappa shape index (κ2) is 9.06. The monoisotopic (exact) mass is 444 g/mol. The van der Waals surface area contributed by atoms with Gasteiger partial charge in [0.1, 0.15) is 5.75 Å². The summed E-state index contributed by atoms with van der Waals surface area (Å²) in [5.74, 6) is 0.201. The van der Waals surface area contributed by atoms with Crippen molar-refractivity contribution in [3.63, 3.8) is 0 Å². The second-order valence-corrected chi connectivity index (χ2v) is 8.00. The minimum absolute atomic E-state index is 0.0580. The molecular formula is C24H23F3N2O3. The molecule has 0 bridgehead atoms. The van der Waals surface area contributed by atoms with Gasteiger partial charge in [0.15, 0.2) is 6.61 Å². The highest BCUT2D eigenvalue weighted by Gasteiger charge is 2.34. The maximum atomic E-state index is 13.5. The van der Waals surface area contributed by atoms with Crippen LogP contribution in [0.1, 0.15) is 24.0 Å². The first-order valence-corrected chi connectivity index (χ1v) is 10.5. The molecule has 0 radical (unpaired) electrons. The zero-order valence-corrected chi connectivity index (χ0v) is 17.3. The Balaban J connectivity index is 1.48. The Labute approximate surface area is 182 Å². The number of halogens is 3. The number of ether oxygens (including phenoxy) is 1. The maximum Gasteiger partial charge on any atom is 0.417 e. The fourth-order valence-electron chi connectivity index (χ4n) is 3.62. The van der Waals surface area contributed by atoms with Gasteiger partial charge in [-0.15, -0.1) is 0 Å². The third kappa shape index (κ3) is 5.30. The Morgan fingerprint density at radius 2 is 1.84 bits per heavy atom. The molecule has 0 unspecified atom stereocenters. The van der Waals surface area contributed by atoms with Gasteiger partial charge in [-0.3, -0.25) is 9.59 Å². The van der Waals surface area contributed by atoms with Crippen molar-refractivity contribution in [3.05, 3.63) is 76.1 Å². The predicted molar refractivity (Wildman–Crippen MR) is 115 cm³/mol. The van der Waals surface area contributed by atoms with Gasteiger partial charge in [-0.1, -0.05) is 30.3 Å². The average molecular weight is 444 g/mol. The van der Waals surface area contributed by atoms with E-state index in [-0.39, 0.29) is 29.2 Å². The Morgan fingerprint density at radius 3 is 2.53 bits per heavy atom. The van der Waals surface area contributed by atoms with Crippen LogP contribution >= 0.6 is 0 Å². The summed E-state index contributed by atoms with van der Waals surface area (Å²) in [5.41, 5.74) is -0.390. The molecule has 1 N–H and O–H groups in total. The Kier molecular flexibility index (Phi) is 6.21. The van der Waals surface area contributed by atoms with Crippen molar-refractivity contribution in [1.29, 1.82) is 0 Å². The predicted octanol–water partition coefficient (Wildman–Crippen LogP) is 4.17. The van der Waals surface area contributed by atoms with E-state index >= 15 is 0 Å². The van der Waals surface area contributed by atoms with Crippen LogP contribution in [0.15, 0.2) is 59.4 Å². The molecular weight excluding hydrogens is 421 g/mol. The van der Waals surface area contributed by atoms with Crippen LogP contribution in [-0.2, 0) is 23.9 Å². The van der Waals surface area contributed by atoms with Gasteiger partial charge < -0.3 is 14.6 Å². The summed E-state index contributed by atoms with van der Waals surface area (Å²) in [6.45, 7) is 0.544. The first-order chi connectivity index (χ1) is 15.3. The Bertz CT molecular complexity index is 1170. The molecule has 1 saturated carbocycles. The van der Waals surface area contributed by atoms with Crippen molar-refractivity contribution in [1.82, 2.24) is 9.88 Å². The standard InChI is InChI=1S/C24H23F3N2O3/c25-24(26,27)20-13-23(31)29(14-17-6-7-17)21-12-18(8-9-19(20)21)32-15-22(30)28-11-10-16-4-2-1-3-5-16/h1-5,8-9,12-13,17H,6-7,10-11,14-15H2,(H,28,30). The minimum Gasteiger partial charge on any atom is -0.484 e. The lowest BCUT2D eigenvalue weighted by atomic mass is 10.1. The quantitative estimate of drug-likeness (QED) is 0.568. The number of nitrogens with zero attached hydrogens (tertiary/aromatic N) is 1. The van der Waals surface area contributed by atoms with Crippen LogP contribution in [0.3, 0.4) is 0 Å². The van der Waals surface area contributed by atoms with Crippen molar-refractivity contribution in [2.75, 3.05) is 13.2 Å². The lowest BCUT2D eigenvalue weighted by Gasteiger charge is -2.16. The van der Waals surface area contributed by atoms with Crippen LogP contribution in [0.25, 0.3) is 10.9 Å². The molecule has 1 aliphatic rings. The molecule has 168 valence electrons. The number of alkyl halides is 3. The average Bonchev–Trinajstić information content (AvgIpc) is 3.58. The molecule has 32 heavy (non-hydrogen) atoms. The van der Waals surface area contributed by atoms with Crippen LogP contribution in [-0.4, -0.2) is 23.6 Å². The van der Waals surface area contributed by atoms with E-state index in [0.29, 0.717) is 31.5 Å². The molecule has 0 atom stereocenters. The summed E-state index contributed by atoms with van der Waals surface area (Å²) in [7, 11) is 0. The van der Waals surface area contributed by atoms with Crippen LogP contribution in [0.5, 0.6) is 5.75 Å². The number of aromatic nitrogens is 1. The highest BCUT2D eigenvalue weighted by Crippen LogP contribution is 2.36. The molecule has 1 amide bonds. The summed E-state index contributed by atoms with van der Waals surface area (Å²) < 4.78 is 47.3.